The molecule has 110 valence electrons. The number of carbonyl (C=O) groups excluding carboxylic acids is 1. The van der Waals surface area contributed by atoms with E-state index >= 15 is 0 Å². The van der Waals surface area contributed by atoms with E-state index in [1.807, 2.05) is 5.32 Å². The summed E-state index contributed by atoms with van der Waals surface area (Å²) >= 11 is 0. The van der Waals surface area contributed by atoms with Gasteiger partial charge in [-0.2, -0.15) is 10.2 Å². The lowest BCUT2D eigenvalue weighted by atomic mass is 10.2. The highest BCUT2D eigenvalue weighted by atomic mass is 32.2. The fraction of sp³-hybridized carbons (Fsp3) is 0. The number of carbonyl (C=O) groups is 1. The number of benzene rings is 1. The van der Waals surface area contributed by atoms with Crippen LogP contribution >= 0.6 is 0 Å². The monoisotopic (exact) mass is 314 g/mol. The number of sulfonamides is 1. The van der Waals surface area contributed by atoms with Crippen LogP contribution in [0.4, 0.5) is 14.5 Å². The number of aromatic nitrogens is 2. The van der Waals surface area contributed by atoms with Gasteiger partial charge in [-0.3, -0.25) is 4.79 Å². The summed E-state index contributed by atoms with van der Waals surface area (Å²) in [5.74, 6) is -3.37. The van der Waals surface area contributed by atoms with Gasteiger partial charge in [-0.25, -0.2) is 22.3 Å². The minimum absolute atomic E-state index is 0.0272. The van der Waals surface area contributed by atoms with Crippen LogP contribution in [-0.4, -0.2) is 24.5 Å². The fourth-order valence-electron chi connectivity index (χ4n) is 1.44. The van der Waals surface area contributed by atoms with E-state index in [0.29, 0.717) is 12.1 Å². The van der Waals surface area contributed by atoms with Gasteiger partial charge in [-0.05, 0) is 18.2 Å². The summed E-state index contributed by atoms with van der Waals surface area (Å²) in [5.41, 5.74) is -0.761. The molecule has 0 bridgehead atoms. The Hall–Kier alpha value is -2.46. The van der Waals surface area contributed by atoms with Crippen molar-refractivity contribution < 1.29 is 22.0 Å². The van der Waals surface area contributed by atoms with Crippen LogP contribution in [0.25, 0.3) is 0 Å². The van der Waals surface area contributed by atoms with Crippen molar-refractivity contribution in [3.63, 3.8) is 0 Å². The Bertz CT molecular complexity index is 773. The van der Waals surface area contributed by atoms with Crippen LogP contribution in [0, 0.1) is 11.6 Å². The molecular weight excluding hydrogens is 306 g/mol. The molecule has 2 rings (SSSR count). The summed E-state index contributed by atoms with van der Waals surface area (Å²) in [7, 11) is -4.26. The van der Waals surface area contributed by atoms with Gasteiger partial charge in [0.05, 0.1) is 22.9 Å². The second-order valence-electron chi connectivity index (χ2n) is 3.89. The summed E-state index contributed by atoms with van der Waals surface area (Å²) in [6.45, 7) is 0. The van der Waals surface area contributed by atoms with E-state index in [-0.39, 0.29) is 5.56 Å². The molecule has 3 N–H and O–H groups in total. The van der Waals surface area contributed by atoms with Crippen molar-refractivity contribution in [1.82, 2.24) is 10.2 Å². The Morgan fingerprint density at radius 1 is 1.19 bits per heavy atom. The quantitative estimate of drug-likeness (QED) is 0.863. The first kappa shape index (κ1) is 14.9. The van der Waals surface area contributed by atoms with Crippen LogP contribution in [0.3, 0.4) is 0 Å². The van der Waals surface area contributed by atoms with Crippen LogP contribution in [0.2, 0.25) is 0 Å². The molecule has 1 amide bonds. The zero-order chi connectivity index (χ0) is 15.6. The van der Waals surface area contributed by atoms with E-state index in [9.17, 15) is 22.0 Å². The number of nitrogens with zero attached hydrogens (tertiary/aromatic N) is 2. The van der Waals surface area contributed by atoms with Crippen molar-refractivity contribution >= 4 is 21.6 Å². The zero-order valence-electron chi connectivity index (χ0n) is 10.2. The van der Waals surface area contributed by atoms with Gasteiger partial charge in [0.25, 0.3) is 5.91 Å². The molecule has 0 unspecified atom stereocenters. The SMILES string of the molecule is NS(=O)(=O)c1cc(F)c(NC(=O)c2ccnnc2)c(F)c1. The van der Waals surface area contributed by atoms with Gasteiger partial charge in [0.2, 0.25) is 10.0 Å². The molecule has 0 saturated carbocycles. The highest BCUT2D eigenvalue weighted by Crippen LogP contribution is 2.23. The molecule has 0 spiro atoms. The van der Waals surface area contributed by atoms with Crippen LogP contribution in [0.1, 0.15) is 10.4 Å². The molecule has 0 aliphatic carbocycles. The Morgan fingerprint density at radius 3 is 2.29 bits per heavy atom. The standard InChI is InChI=1S/C11H8F2N4O3S/c12-8-3-7(21(14,19)20)4-9(13)10(8)17-11(18)6-1-2-15-16-5-6/h1-5H,(H,17,18)(H2,14,19,20). The van der Waals surface area contributed by atoms with Crippen LogP contribution in [0.15, 0.2) is 35.5 Å². The van der Waals surface area contributed by atoms with Crippen molar-refractivity contribution in [1.29, 1.82) is 0 Å². The predicted octanol–water partition coefficient (Wildman–Crippen LogP) is 0.655. The van der Waals surface area contributed by atoms with Crippen LogP contribution < -0.4 is 10.5 Å². The van der Waals surface area contributed by atoms with Gasteiger partial charge in [0, 0.05) is 0 Å². The van der Waals surface area contributed by atoms with E-state index < -0.39 is 38.1 Å². The fourth-order valence-corrected chi connectivity index (χ4v) is 1.98. The van der Waals surface area contributed by atoms with E-state index in [4.69, 9.17) is 5.14 Å². The first-order valence-electron chi connectivity index (χ1n) is 5.39. The molecule has 0 fully saturated rings. The molecule has 0 radical (unpaired) electrons. The van der Waals surface area contributed by atoms with Crippen molar-refractivity contribution in [2.45, 2.75) is 4.90 Å². The van der Waals surface area contributed by atoms with Crippen LogP contribution in [-0.2, 0) is 10.0 Å². The highest BCUT2D eigenvalue weighted by Gasteiger charge is 2.19. The van der Waals surface area contributed by atoms with Gasteiger partial charge in [-0.1, -0.05) is 0 Å². The maximum Gasteiger partial charge on any atom is 0.257 e. The molecule has 1 aromatic carbocycles. The third kappa shape index (κ3) is 3.35. The van der Waals surface area contributed by atoms with E-state index in [1.165, 1.54) is 12.3 Å². The maximum atomic E-state index is 13.7. The summed E-state index contributed by atoms with van der Waals surface area (Å²) in [6, 6.07) is 2.31. The number of hydrogen-bond acceptors (Lipinski definition) is 5. The summed E-state index contributed by atoms with van der Waals surface area (Å²) in [4.78, 5) is 11.0. The summed E-state index contributed by atoms with van der Waals surface area (Å²) in [6.07, 6.45) is 2.33. The van der Waals surface area contributed by atoms with Crippen molar-refractivity contribution in [3.05, 3.63) is 47.8 Å². The van der Waals surface area contributed by atoms with Crippen LogP contribution in [0.5, 0.6) is 0 Å². The molecule has 2 aromatic rings. The zero-order valence-corrected chi connectivity index (χ0v) is 11.1. The van der Waals surface area contributed by atoms with E-state index in [2.05, 4.69) is 10.2 Å². The smallest absolute Gasteiger partial charge is 0.257 e. The normalized spacial score (nSPS) is 11.2. The first-order chi connectivity index (χ1) is 9.79. The maximum absolute atomic E-state index is 13.7. The summed E-state index contributed by atoms with van der Waals surface area (Å²) < 4.78 is 49.5. The largest absolute Gasteiger partial charge is 0.317 e. The Labute approximate surface area is 117 Å². The third-order valence-electron chi connectivity index (χ3n) is 2.43. The Morgan fingerprint density at radius 2 is 1.81 bits per heavy atom. The van der Waals surface area contributed by atoms with E-state index in [0.717, 1.165) is 6.20 Å². The molecule has 1 aromatic heterocycles. The number of halogens is 2. The lowest BCUT2D eigenvalue weighted by Crippen LogP contribution is -2.17. The van der Waals surface area contributed by atoms with Gasteiger partial charge in [-0.15, -0.1) is 0 Å². The van der Waals surface area contributed by atoms with Crippen molar-refractivity contribution in [2.75, 3.05) is 5.32 Å². The Kier molecular flexibility index (Phi) is 3.91. The number of primary sulfonamides is 1. The summed E-state index contributed by atoms with van der Waals surface area (Å²) in [5, 5.41) is 13.6. The number of anilines is 1. The molecule has 0 saturated heterocycles. The average molecular weight is 314 g/mol. The minimum atomic E-state index is -4.26. The topological polar surface area (TPSA) is 115 Å². The van der Waals surface area contributed by atoms with Gasteiger partial charge in [0.15, 0.2) is 11.6 Å². The van der Waals surface area contributed by atoms with Crippen molar-refractivity contribution in [2.24, 2.45) is 5.14 Å². The third-order valence-corrected chi connectivity index (χ3v) is 3.32. The first-order valence-corrected chi connectivity index (χ1v) is 6.93. The van der Waals surface area contributed by atoms with Gasteiger partial charge < -0.3 is 5.32 Å². The Balaban J connectivity index is 2.36. The number of rotatable bonds is 3. The van der Waals surface area contributed by atoms with Gasteiger partial charge in [0.1, 0.15) is 5.69 Å². The number of hydrogen-bond donors (Lipinski definition) is 2. The molecule has 0 aliphatic heterocycles. The second-order valence-corrected chi connectivity index (χ2v) is 5.45. The van der Waals surface area contributed by atoms with Gasteiger partial charge >= 0.3 is 0 Å². The molecular formula is C11H8F2N4O3S. The predicted molar refractivity (Wildman–Crippen MR) is 67.7 cm³/mol. The minimum Gasteiger partial charge on any atom is -0.317 e. The average Bonchev–Trinajstić information content (AvgIpc) is 2.42. The molecule has 10 heteroatoms. The number of nitrogens with one attached hydrogen (secondary N) is 1. The second kappa shape index (κ2) is 5.50. The van der Waals surface area contributed by atoms with Crippen molar-refractivity contribution in [3.8, 4) is 0 Å². The number of nitrogens with two attached hydrogens (primary N) is 1. The molecule has 7 nitrogen and oxygen atoms in total. The lowest BCUT2D eigenvalue weighted by molar-refractivity contribution is 0.102. The molecule has 21 heavy (non-hydrogen) atoms. The number of amides is 1. The highest BCUT2D eigenvalue weighted by molar-refractivity contribution is 7.89. The molecule has 0 atom stereocenters. The molecule has 1 heterocycles. The van der Waals surface area contributed by atoms with E-state index in [1.54, 1.807) is 0 Å². The molecule has 0 aliphatic rings. The lowest BCUT2D eigenvalue weighted by Gasteiger charge is -2.08.